The summed E-state index contributed by atoms with van der Waals surface area (Å²) in [6.45, 7) is 12.3. The first-order chi connectivity index (χ1) is 17.4. The van der Waals surface area contributed by atoms with Gasteiger partial charge in [0, 0.05) is 34.1 Å². The Hall–Kier alpha value is -2.67. The molecular weight excluding hydrogens is 472 g/mol. The van der Waals surface area contributed by atoms with Crippen LogP contribution >= 0.6 is 0 Å². The molecule has 0 bridgehead atoms. The number of fused-ring (bicyclic) bond motifs is 4. The van der Waals surface area contributed by atoms with Gasteiger partial charge in [-0.05, 0) is 43.9 Å². The monoisotopic (exact) mass is 508 g/mol. The Morgan fingerprint density at radius 1 is 1.19 bits per heavy atom. The molecule has 1 saturated carbocycles. The molecule has 6 rings (SSSR count). The highest BCUT2D eigenvalue weighted by atomic mass is 16.6. The number of carbonyl (C=O) groups excluding carboxylic acids is 3. The van der Waals surface area contributed by atoms with Gasteiger partial charge >= 0.3 is 11.9 Å². The number of ketones is 1. The highest BCUT2D eigenvalue weighted by molar-refractivity contribution is 6.00. The van der Waals surface area contributed by atoms with E-state index in [0.717, 1.165) is 17.8 Å². The topological polar surface area (TPSA) is 92.0 Å². The number of furan rings is 1. The van der Waals surface area contributed by atoms with E-state index in [1.54, 1.807) is 12.3 Å². The third-order valence-electron chi connectivity index (χ3n) is 10.6. The molecular formula is C30H36O7. The van der Waals surface area contributed by atoms with Gasteiger partial charge in [-0.15, -0.1) is 0 Å². The van der Waals surface area contributed by atoms with E-state index in [4.69, 9.17) is 18.6 Å². The largest absolute Gasteiger partial charge is 0.469 e. The second kappa shape index (κ2) is 7.68. The number of rotatable bonds is 4. The van der Waals surface area contributed by atoms with E-state index in [1.807, 2.05) is 13.8 Å². The number of hydrogen-bond acceptors (Lipinski definition) is 7. The fourth-order valence-electron chi connectivity index (χ4n) is 9.00. The minimum atomic E-state index is -0.998. The van der Waals surface area contributed by atoms with Crippen LogP contribution in [-0.4, -0.2) is 43.1 Å². The van der Waals surface area contributed by atoms with Gasteiger partial charge in [0.25, 0.3) is 0 Å². The summed E-state index contributed by atoms with van der Waals surface area (Å²) in [5.41, 5.74) is 0.863. The van der Waals surface area contributed by atoms with Crippen molar-refractivity contribution in [2.75, 3.05) is 7.11 Å². The lowest BCUT2D eigenvalue weighted by molar-refractivity contribution is -0.190. The maximum atomic E-state index is 13.8. The molecule has 7 heteroatoms. The SMILES string of the molecule is COC(=O)C[C@H]1[C@]2(C)C3=C(C)[C@H](c4ccoc4C(C)C)C[C@H]3O[C@@H]2[C@@H]2OC(=O)[C@]3(C)C=CC(=O)[C@@]1(C)C23. The van der Waals surface area contributed by atoms with Crippen molar-refractivity contribution in [2.45, 2.75) is 84.5 Å². The van der Waals surface area contributed by atoms with E-state index in [2.05, 4.69) is 33.8 Å². The molecule has 1 unspecified atom stereocenters. The molecule has 3 aliphatic carbocycles. The summed E-state index contributed by atoms with van der Waals surface area (Å²) >= 11 is 0. The van der Waals surface area contributed by atoms with Gasteiger partial charge in [-0.1, -0.05) is 39.3 Å². The lowest BCUT2D eigenvalue weighted by Gasteiger charge is -2.59. The number of hydrogen-bond donors (Lipinski definition) is 0. The van der Waals surface area contributed by atoms with Gasteiger partial charge in [0.05, 0.1) is 31.3 Å². The molecule has 0 aromatic carbocycles. The van der Waals surface area contributed by atoms with Gasteiger partial charge in [-0.3, -0.25) is 14.4 Å². The van der Waals surface area contributed by atoms with Gasteiger partial charge in [0.1, 0.15) is 18.0 Å². The van der Waals surface area contributed by atoms with Crippen LogP contribution < -0.4 is 0 Å². The number of carbonyl (C=O) groups is 3. The van der Waals surface area contributed by atoms with Crippen LogP contribution in [0.15, 0.2) is 40.0 Å². The summed E-state index contributed by atoms with van der Waals surface area (Å²) in [5.74, 6) is -0.272. The fourth-order valence-corrected chi connectivity index (χ4v) is 9.00. The Bertz CT molecular complexity index is 1270. The lowest BCUT2D eigenvalue weighted by Crippen LogP contribution is -2.66. The summed E-state index contributed by atoms with van der Waals surface area (Å²) in [7, 11) is 1.38. The predicted octanol–water partition coefficient (Wildman–Crippen LogP) is 4.87. The zero-order chi connectivity index (χ0) is 26.7. The Morgan fingerprint density at radius 2 is 1.92 bits per heavy atom. The molecule has 0 spiro atoms. The van der Waals surface area contributed by atoms with Crippen molar-refractivity contribution in [2.24, 2.45) is 28.1 Å². The molecule has 2 saturated heterocycles. The molecule has 3 fully saturated rings. The highest BCUT2D eigenvalue weighted by Gasteiger charge is 2.77. The summed E-state index contributed by atoms with van der Waals surface area (Å²) in [6, 6.07) is 2.05. The van der Waals surface area contributed by atoms with Crippen molar-refractivity contribution in [3.63, 3.8) is 0 Å². The second-order valence-corrected chi connectivity index (χ2v) is 12.6. The number of allylic oxidation sites excluding steroid dienone is 2. The predicted molar refractivity (Wildman–Crippen MR) is 133 cm³/mol. The Balaban J connectivity index is 1.55. The standard InChI is InChI=1S/C30H36O7/c1-14(2)23-16(9-11-35-23)17-12-18-22(15(17)3)30(6)19(13-21(32)34-7)29(5)20(31)8-10-28(4)25(29)24(26(30)36-18)37-27(28)33/h8-11,14,17-19,24-26H,12-13H2,1-7H3/t17-,18-,19-,24-,25?,26-,28-,29+,30-/m1/s1. The van der Waals surface area contributed by atoms with Crippen molar-refractivity contribution in [3.05, 3.63) is 47.0 Å². The first-order valence-electron chi connectivity index (χ1n) is 13.4. The molecule has 0 radical (unpaired) electrons. The van der Waals surface area contributed by atoms with Gasteiger partial charge in [-0.2, -0.15) is 0 Å². The molecule has 2 aliphatic heterocycles. The molecule has 9 atom stereocenters. The minimum Gasteiger partial charge on any atom is -0.469 e. The fraction of sp³-hybridized carbons (Fsp3) is 0.633. The van der Waals surface area contributed by atoms with Gasteiger partial charge < -0.3 is 18.6 Å². The van der Waals surface area contributed by atoms with Crippen LogP contribution in [0.2, 0.25) is 0 Å². The van der Waals surface area contributed by atoms with E-state index in [-0.39, 0.29) is 42.1 Å². The van der Waals surface area contributed by atoms with Crippen LogP contribution in [0.5, 0.6) is 0 Å². The summed E-state index contributed by atoms with van der Waals surface area (Å²) in [6.07, 6.45) is 4.59. The third-order valence-corrected chi connectivity index (χ3v) is 10.6. The van der Waals surface area contributed by atoms with Crippen LogP contribution in [-0.2, 0) is 28.6 Å². The van der Waals surface area contributed by atoms with Gasteiger partial charge in [-0.25, -0.2) is 0 Å². The summed E-state index contributed by atoms with van der Waals surface area (Å²) in [4.78, 5) is 39.9. The average Bonchev–Trinajstić information content (AvgIpc) is 3.58. The number of methoxy groups -OCH3 is 1. The first-order valence-corrected chi connectivity index (χ1v) is 13.4. The van der Waals surface area contributed by atoms with E-state index >= 15 is 0 Å². The van der Waals surface area contributed by atoms with E-state index in [0.29, 0.717) is 0 Å². The molecule has 1 aromatic rings. The highest BCUT2D eigenvalue weighted by Crippen LogP contribution is 2.72. The molecule has 7 nitrogen and oxygen atoms in total. The first kappa shape index (κ1) is 24.7. The zero-order valence-electron chi connectivity index (χ0n) is 22.6. The minimum absolute atomic E-state index is 0.0630. The molecule has 0 N–H and O–H groups in total. The summed E-state index contributed by atoms with van der Waals surface area (Å²) in [5, 5.41) is 0. The lowest BCUT2D eigenvalue weighted by atomic mass is 9.42. The van der Waals surface area contributed by atoms with Crippen LogP contribution in [0.1, 0.15) is 77.5 Å². The normalized spacial score (nSPS) is 43.7. The Kier molecular flexibility index (Phi) is 5.12. The Morgan fingerprint density at radius 3 is 2.59 bits per heavy atom. The van der Waals surface area contributed by atoms with E-state index in [1.165, 1.54) is 24.3 Å². The Labute approximate surface area is 217 Å². The van der Waals surface area contributed by atoms with Gasteiger partial charge in [0.2, 0.25) is 0 Å². The summed E-state index contributed by atoms with van der Waals surface area (Å²) < 4.78 is 23.9. The molecule has 1 aromatic heterocycles. The maximum Gasteiger partial charge on any atom is 0.316 e. The zero-order valence-corrected chi connectivity index (χ0v) is 22.6. The molecule has 0 amide bonds. The van der Waals surface area contributed by atoms with E-state index < -0.39 is 40.3 Å². The molecule has 5 aliphatic rings. The third kappa shape index (κ3) is 2.84. The van der Waals surface area contributed by atoms with Crippen molar-refractivity contribution >= 4 is 17.7 Å². The van der Waals surface area contributed by atoms with Gasteiger partial charge in [0.15, 0.2) is 5.78 Å². The van der Waals surface area contributed by atoms with E-state index in [9.17, 15) is 14.4 Å². The molecule has 198 valence electrons. The quantitative estimate of drug-likeness (QED) is 0.423. The number of esters is 2. The molecule has 3 heterocycles. The van der Waals surface area contributed by atoms with Crippen LogP contribution in [0.3, 0.4) is 0 Å². The van der Waals surface area contributed by atoms with Crippen molar-refractivity contribution in [3.8, 4) is 0 Å². The van der Waals surface area contributed by atoms with Crippen LogP contribution in [0, 0.1) is 28.1 Å². The van der Waals surface area contributed by atoms with Crippen molar-refractivity contribution in [1.82, 2.24) is 0 Å². The average molecular weight is 509 g/mol. The maximum absolute atomic E-state index is 13.8. The number of ether oxygens (including phenoxy) is 3. The van der Waals surface area contributed by atoms with Crippen LogP contribution in [0.25, 0.3) is 0 Å². The van der Waals surface area contributed by atoms with Crippen molar-refractivity contribution in [1.29, 1.82) is 0 Å². The second-order valence-electron chi connectivity index (χ2n) is 12.6. The van der Waals surface area contributed by atoms with Crippen molar-refractivity contribution < 1.29 is 33.0 Å². The smallest absolute Gasteiger partial charge is 0.316 e. The molecule has 37 heavy (non-hydrogen) atoms. The van der Waals surface area contributed by atoms with Crippen LogP contribution in [0.4, 0.5) is 0 Å².